The second-order valence-electron chi connectivity index (χ2n) is 4.20. The number of aryl methyl sites for hydroxylation is 1. The Labute approximate surface area is 107 Å². The standard InChI is InChI=1S/C13H10N2O4/c1-15-6-8(11-9(15)3-2-4-10(11)16)12-7(13(17)18)5-14-19-12/h2-6,16H,1H3,(H,17,18). The highest BCUT2D eigenvalue weighted by atomic mass is 16.5. The van der Waals surface area contributed by atoms with Crippen LogP contribution in [-0.4, -0.2) is 25.9 Å². The van der Waals surface area contributed by atoms with E-state index in [1.165, 1.54) is 0 Å². The molecule has 6 heteroatoms. The number of carboxylic acid groups (broad SMARTS) is 1. The Morgan fingerprint density at radius 1 is 1.42 bits per heavy atom. The fourth-order valence-electron chi connectivity index (χ4n) is 2.18. The number of carbonyl (C=O) groups is 1. The van der Waals surface area contributed by atoms with E-state index in [1.807, 2.05) is 13.1 Å². The molecule has 19 heavy (non-hydrogen) atoms. The molecule has 96 valence electrons. The number of phenolic OH excluding ortho intramolecular Hbond substituents is 1. The highest BCUT2D eigenvalue weighted by molar-refractivity contribution is 6.03. The second kappa shape index (κ2) is 3.88. The topological polar surface area (TPSA) is 88.5 Å². The maximum atomic E-state index is 11.1. The van der Waals surface area contributed by atoms with Crippen LogP contribution in [0.25, 0.3) is 22.2 Å². The average molecular weight is 258 g/mol. The van der Waals surface area contributed by atoms with Crippen LogP contribution in [0.1, 0.15) is 10.4 Å². The van der Waals surface area contributed by atoms with Crippen molar-refractivity contribution in [1.29, 1.82) is 0 Å². The Morgan fingerprint density at radius 3 is 2.95 bits per heavy atom. The summed E-state index contributed by atoms with van der Waals surface area (Å²) in [5, 5.41) is 23.1. The molecule has 0 atom stereocenters. The SMILES string of the molecule is Cn1cc(-c2oncc2C(=O)O)c2c(O)cccc21. The Morgan fingerprint density at radius 2 is 2.21 bits per heavy atom. The number of aromatic nitrogens is 2. The Kier molecular flexibility index (Phi) is 2.31. The first-order valence-corrected chi connectivity index (χ1v) is 5.55. The molecule has 0 aliphatic carbocycles. The van der Waals surface area contributed by atoms with Gasteiger partial charge in [0.05, 0.1) is 22.7 Å². The van der Waals surface area contributed by atoms with Gasteiger partial charge in [-0.1, -0.05) is 11.2 Å². The quantitative estimate of drug-likeness (QED) is 0.735. The minimum atomic E-state index is -1.12. The zero-order valence-corrected chi connectivity index (χ0v) is 9.99. The van der Waals surface area contributed by atoms with Crippen LogP contribution >= 0.6 is 0 Å². The molecule has 0 aliphatic heterocycles. The third-order valence-electron chi connectivity index (χ3n) is 3.04. The summed E-state index contributed by atoms with van der Waals surface area (Å²) in [6, 6.07) is 5.10. The van der Waals surface area contributed by atoms with E-state index in [0.717, 1.165) is 11.7 Å². The maximum absolute atomic E-state index is 11.1. The van der Waals surface area contributed by atoms with Gasteiger partial charge in [0.2, 0.25) is 0 Å². The number of nitrogens with zero attached hydrogens (tertiary/aromatic N) is 2. The zero-order valence-electron chi connectivity index (χ0n) is 9.99. The molecule has 0 unspecified atom stereocenters. The molecule has 0 fully saturated rings. The van der Waals surface area contributed by atoms with Gasteiger partial charge in [-0.25, -0.2) is 4.79 Å². The summed E-state index contributed by atoms with van der Waals surface area (Å²) < 4.78 is 6.82. The van der Waals surface area contributed by atoms with Gasteiger partial charge in [-0.3, -0.25) is 0 Å². The van der Waals surface area contributed by atoms with Crippen LogP contribution in [0, 0.1) is 0 Å². The number of rotatable bonds is 2. The number of hydrogen-bond acceptors (Lipinski definition) is 4. The van der Waals surface area contributed by atoms with Gasteiger partial charge < -0.3 is 19.3 Å². The molecule has 2 N–H and O–H groups in total. The Hall–Kier alpha value is -2.76. The monoisotopic (exact) mass is 258 g/mol. The predicted octanol–water partition coefficient (Wildman–Crippen LogP) is 2.24. The third-order valence-corrected chi connectivity index (χ3v) is 3.04. The number of aromatic carboxylic acids is 1. The van der Waals surface area contributed by atoms with Crippen molar-refractivity contribution in [3.63, 3.8) is 0 Å². The molecule has 0 spiro atoms. The molecular formula is C13H10N2O4. The summed E-state index contributed by atoms with van der Waals surface area (Å²) in [6.07, 6.45) is 2.85. The number of phenols is 1. The second-order valence-corrected chi connectivity index (χ2v) is 4.20. The van der Waals surface area contributed by atoms with E-state index >= 15 is 0 Å². The molecule has 1 aromatic carbocycles. The molecule has 3 rings (SSSR count). The molecule has 0 saturated heterocycles. The molecule has 6 nitrogen and oxygen atoms in total. The van der Waals surface area contributed by atoms with E-state index in [4.69, 9.17) is 9.63 Å². The van der Waals surface area contributed by atoms with Crippen molar-refractivity contribution in [2.45, 2.75) is 0 Å². The van der Waals surface area contributed by atoms with Crippen molar-refractivity contribution in [2.75, 3.05) is 0 Å². The van der Waals surface area contributed by atoms with E-state index in [0.29, 0.717) is 10.9 Å². The lowest BCUT2D eigenvalue weighted by molar-refractivity contribution is 0.0697. The fraction of sp³-hybridized carbons (Fsp3) is 0.0769. The van der Waals surface area contributed by atoms with Crippen LogP contribution in [0.5, 0.6) is 5.75 Å². The van der Waals surface area contributed by atoms with Crippen molar-refractivity contribution in [2.24, 2.45) is 7.05 Å². The normalized spacial score (nSPS) is 11.0. The maximum Gasteiger partial charge on any atom is 0.341 e. The predicted molar refractivity (Wildman–Crippen MR) is 67.0 cm³/mol. The van der Waals surface area contributed by atoms with Crippen molar-refractivity contribution < 1.29 is 19.5 Å². The third kappa shape index (κ3) is 1.57. The van der Waals surface area contributed by atoms with Crippen LogP contribution in [0.4, 0.5) is 0 Å². The summed E-state index contributed by atoms with van der Waals surface area (Å²) >= 11 is 0. The van der Waals surface area contributed by atoms with Gasteiger partial charge in [-0.15, -0.1) is 0 Å². The molecule has 0 bridgehead atoms. The molecule has 0 radical (unpaired) electrons. The lowest BCUT2D eigenvalue weighted by atomic mass is 10.1. The first kappa shape index (κ1) is 11.3. The summed E-state index contributed by atoms with van der Waals surface area (Å²) in [5.41, 5.74) is 1.25. The Bertz CT molecular complexity index is 785. The van der Waals surface area contributed by atoms with Crippen molar-refractivity contribution >= 4 is 16.9 Å². The minimum absolute atomic E-state index is 0.0317. The van der Waals surface area contributed by atoms with Crippen molar-refractivity contribution in [3.05, 3.63) is 36.2 Å². The van der Waals surface area contributed by atoms with Crippen molar-refractivity contribution in [1.82, 2.24) is 9.72 Å². The van der Waals surface area contributed by atoms with Gasteiger partial charge >= 0.3 is 5.97 Å². The van der Waals surface area contributed by atoms with E-state index < -0.39 is 5.97 Å². The van der Waals surface area contributed by atoms with Crippen LogP contribution < -0.4 is 0 Å². The molecule has 0 saturated carbocycles. The van der Waals surface area contributed by atoms with E-state index in [2.05, 4.69) is 5.16 Å². The summed E-state index contributed by atoms with van der Waals surface area (Å²) in [6.45, 7) is 0. The Balaban J connectivity index is 2.37. The highest BCUT2D eigenvalue weighted by Crippen LogP contribution is 2.37. The van der Waals surface area contributed by atoms with E-state index in [-0.39, 0.29) is 17.1 Å². The molecule has 3 aromatic rings. The molecule has 2 heterocycles. The van der Waals surface area contributed by atoms with Gasteiger partial charge in [0, 0.05) is 13.2 Å². The smallest absolute Gasteiger partial charge is 0.341 e. The van der Waals surface area contributed by atoms with E-state index in [1.54, 1.807) is 22.9 Å². The lowest BCUT2D eigenvalue weighted by Crippen LogP contribution is -1.95. The number of fused-ring (bicyclic) bond motifs is 1. The van der Waals surface area contributed by atoms with Gasteiger partial charge in [-0.2, -0.15) is 0 Å². The van der Waals surface area contributed by atoms with Gasteiger partial charge in [0.15, 0.2) is 5.76 Å². The van der Waals surface area contributed by atoms with E-state index in [9.17, 15) is 9.90 Å². The zero-order chi connectivity index (χ0) is 13.6. The first-order valence-electron chi connectivity index (χ1n) is 5.55. The summed E-state index contributed by atoms with van der Waals surface area (Å²) in [7, 11) is 1.81. The average Bonchev–Trinajstić information content (AvgIpc) is 2.95. The molecule has 0 aliphatic rings. The molecule has 2 aromatic heterocycles. The van der Waals surface area contributed by atoms with Gasteiger partial charge in [0.1, 0.15) is 11.3 Å². The minimum Gasteiger partial charge on any atom is -0.507 e. The number of aromatic hydroxyl groups is 1. The number of carboxylic acids is 1. The first-order chi connectivity index (χ1) is 9.09. The number of hydrogen-bond donors (Lipinski definition) is 2. The largest absolute Gasteiger partial charge is 0.507 e. The van der Waals surface area contributed by atoms with Gasteiger partial charge in [0.25, 0.3) is 0 Å². The number of benzene rings is 1. The molecular weight excluding hydrogens is 248 g/mol. The van der Waals surface area contributed by atoms with Crippen LogP contribution in [-0.2, 0) is 7.05 Å². The summed E-state index contributed by atoms with van der Waals surface area (Å²) in [4.78, 5) is 11.1. The van der Waals surface area contributed by atoms with Gasteiger partial charge in [-0.05, 0) is 12.1 Å². The fourth-order valence-corrected chi connectivity index (χ4v) is 2.18. The lowest BCUT2D eigenvalue weighted by Gasteiger charge is -1.99. The van der Waals surface area contributed by atoms with Crippen molar-refractivity contribution in [3.8, 4) is 17.1 Å². The molecule has 0 amide bonds. The highest BCUT2D eigenvalue weighted by Gasteiger charge is 2.22. The summed E-state index contributed by atoms with van der Waals surface area (Å²) in [5.74, 6) is -0.913. The van der Waals surface area contributed by atoms with Crippen LogP contribution in [0.15, 0.2) is 35.1 Å². The van der Waals surface area contributed by atoms with Crippen LogP contribution in [0.2, 0.25) is 0 Å². The van der Waals surface area contributed by atoms with Crippen LogP contribution in [0.3, 0.4) is 0 Å².